The lowest BCUT2D eigenvalue weighted by molar-refractivity contribution is 0.331. The van der Waals surface area contributed by atoms with Crippen molar-refractivity contribution in [2.75, 3.05) is 6.61 Å². The molecular formula is C15H15BrClNO3S. The van der Waals surface area contributed by atoms with Crippen molar-refractivity contribution in [1.29, 1.82) is 0 Å². The van der Waals surface area contributed by atoms with E-state index in [4.69, 9.17) is 16.3 Å². The molecule has 0 saturated heterocycles. The molecule has 118 valence electrons. The van der Waals surface area contributed by atoms with E-state index in [0.717, 1.165) is 5.56 Å². The molecule has 4 nitrogen and oxygen atoms in total. The van der Waals surface area contributed by atoms with Crippen molar-refractivity contribution in [1.82, 2.24) is 4.72 Å². The minimum absolute atomic E-state index is 0.103. The van der Waals surface area contributed by atoms with Gasteiger partial charge in [-0.25, -0.2) is 13.1 Å². The summed E-state index contributed by atoms with van der Waals surface area (Å²) in [4.78, 5) is 0.103. The fourth-order valence-electron chi connectivity index (χ4n) is 1.87. The Morgan fingerprint density at radius 2 is 2.00 bits per heavy atom. The van der Waals surface area contributed by atoms with Crippen LogP contribution in [0, 0.1) is 0 Å². The van der Waals surface area contributed by atoms with Crippen molar-refractivity contribution >= 4 is 37.6 Å². The molecule has 0 aliphatic carbocycles. The van der Waals surface area contributed by atoms with Crippen LogP contribution >= 0.6 is 27.5 Å². The van der Waals surface area contributed by atoms with E-state index in [0.29, 0.717) is 21.9 Å². The zero-order valence-electron chi connectivity index (χ0n) is 11.8. The molecule has 0 atom stereocenters. The standard InChI is InChI=1S/C15H15BrClNO3S/c1-2-21-14-7-6-12(16)9-15(14)22(19,20)18-10-11-4-3-5-13(17)8-11/h3-9,18H,2,10H2,1H3. The van der Waals surface area contributed by atoms with Crippen LogP contribution in [0.25, 0.3) is 0 Å². The van der Waals surface area contributed by atoms with Gasteiger partial charge in [-0.1, -0.05) is 39.7 Å². The Hall–Kier alpha value is -1.08. The highest BCUT2D eigenvalue weighted by Crippen LogP contribution is 2.27. The Morgan fingerprint density at radius 1 is 1.23 bits per heavy atom. The second-order valence-electron chi connectivity index (χ2n) is 4.48. The third kappa shape index (κ3) is 4.46. The average Bonchev–Trinajstić information content (AvgIpc) is 2.47. The molecule has 0 aromatic heterocycles. The van der Waals surface area contributed by atoms with E-state index in [9.17, 15) is 8.42 Å². The lowest BCUT2D eigenvalue weighted by Gasteiger charge is -2.12. The van der Waals surface area contributed by atoms with Gasteiger partial charge in [0, 0.05) is 16.0 Å². The summed E-state index contributed by atoms with van der Waals surface area (Å²) in [5.41, 5.74) is 0.782. The van der Waals surface area contributed by atoms with Gasteiger partial charge in [0.15, 0.2) is 0 Å². The summed E-state index contributed by atoms with van der Waals surface area (Å²) in [6.45, 7) is 2.34. The van der Waals surface area contributed by atoms with Crippen LogP contribution in [0.15, 0.2) is 51.8 Å². The van der Waals surface area contributed by atoms with Gasteiger partial charge >= 0.3 is 0 Å². The summed E-state index contributed by atoms with van der Waals surface area (Å²) in [5.74, 6) is 0.323. The molecule has 2 rings (SSSR count). The van der Waals surface area contributed by atoms with E-state index >= 15 is 0 Å². The largest absolute Gasteiger partial charge is 0.492 e. The van der Waals surface area contributed by atoms with Crippen LogP contribution in [0.3, 0.4) is 0 Å². The molecule has 0 bridgehead atoms. The Bertz CT molecular complexity index is 765. The van der Waals surface area contributed by atoms with Crippen molar-refractivity contribution in [3.8, 4) is 5.75 Å². The van der Waals surface area contributed by atoms with Gasteiger partial charge in [0.25, 0.3) is 0 Å². The highest BCUT2D eigenvalue weighted by atomic mass is 79.9. The van der Waals surface area contributed by atoms with Crippen LogP contribution < -0.4 is 9.46 Å². The Morgan fingerprint density at radius 3 is 2.68 bits per heavy atom. The van der Waals surface area contributed by atoms with E-state index in [1.807, 2.05) is 0 Å². The fraction of sp³-hybridized carbons (Fsp3) is 0.200. The first-order chi connectivity index (χ1) is 10.4. The maximum Gasteiger partial charge on any atom is 0.244 e. The summed E-state index contributed by atoms with van der Waals surface area (Å²) in [6, 6.07) is 11.9. The highest BCUT2D eigenvalue weighted by molar-refractivity contribution is 9.10. The van der Waals surface area contributed by atoms with Crippen LogP contribution in [0.4, 0.5) is 0 Å². The number of rotatable bonds is 6. The molecule has 0 aliphatic heterocycles. The van der Waals surface area contributed by atoms with Crippen LogP contribution in [-0.2, 0) is 16.6 Å². The molecule has 0 radical (unpaired) electrons. The molecule has 2 aromatic rings. The summed E-state index contributed by atoms with van der Waals surface area (Å²) < 4.78 is 33.6. The van der Waals surface area contributed by atoms with Gasteiger partial charge in [-0.15, -0.1) is 0 Å². The normalized spacial score (nSPS) is 11.4. The highest BCUT2D eigenvalue weighted by Gasteiger charge is 2.20. The number of nitrogens with one attached hydrogen (secondary N) is 1. The Balaban J connectivity index is 2.25. The van der Waals surface area contributed by atoms with E-state index in [1.54, 1.807) is 43.3 Å². The average molecular weight is 405 g/mol. The van der Waals surface area contributed by atoms with Crippen LogP contribution in [0.2, 0.25) is 5.02 Å². The van der Waals surface area contributed by atoms with E-state index < -0.39 is 10.0 Å². The Kier molecular flexibility index (Phi) is 5.86. The molecule has 0 unspecified atom stereocenters. The van der Waals surface area contributed by atoms with Gasteiger partial charge < -0.3 is 4.74 Å². The first-order valence-electron chi connectivity index (χ1n) is 6.59. The molecule has 0 amide bonds. The minimum atomic E-state index is -3.69. The Labute approximate surface area is 143 Å². The summed E-state index contributed by atoms with van der Waals surface area (Å²) in [7, 11) is -3.69. The number of benzene rings is 2. The summed E-state index contributed by atoms with van der Waals surface area (Å²) in [6.07, 6.45) is 0. The van der Waals surface area contributed by atoms with E-state index in [2.05, 4.69) is 20.7 Å². The third-order valence-corrected chi connectivity index (χ3v) is 5.00. The predicted octanol–water partition coefficient (Wildman–Crippen LogP) is 3.98. The minimum Gasteiger partial charge on any atom is -0.492 e. The first kappa shape index (κ1) is 17.3. The van der Waals surface area contributed by atoms with Crippen LogP contribution in [0.5, 0.6) is 5.75 Å². The molecule has 0 fully saturated rings. The molecule has 0 saturated carbocycles. The molecule has 0 spiro atoms. The van der Waals surface area contributed by atoms with Gasteiger partial charge in [0.2, 0.25) is 10.0 Å². The van der Waals surface area contributed by atoms with Gasteiger partial charge in [0.1, 0.15) is 10.6 Å². The van der Waals surface area contributed by atoms with Crippen molar-refractivity contribution in [3.05, 3.63) is 57.5 Å². The molecule has 0 aliphatic rings. The lowest BCUT2D eigenvalue weighted by atomic mass is 10.2. The number of ether oxygens (including phenoxy) is 1. The zero-order chi connectivity index (χ0) is 16.2. The van der Waals surface area contributed by atoms with Gasteiger partial charge in [0.05, 0.1) is 6.61 Å². The zero-order valence-corrected chi connectivity index (χ0v) is 15.0. The molecule has 0 heterocycles. The maximum absolute atomic E-state index is 12.5. The monoisotopic (exact) mass is 403 g/mol. The van der Waals surface area contributed by atoms with Crippen molar-refractivity contribution < 1.29 is 13.2 Å². The van der Waals surface area contributed by atoms with Gasteiger partial charge in [-0.3, -0.25) is 0 Å². The third-order valence-electron chi connectivity index (χ3n) is 2.85. The molecule has 2 aromatic carbocycles. The van der Waals surface area contributed by atoms with E-state index in [-0.39, 0.29) is 11.4 Å². The number of hydrogen-bond acceptors (Lipinski definition) is 3. The van der Waals surface area contributed by atoms with Crippen LogP contribution in [0.1, 0.15) is 12.5 Å². The predicted molar refractivity (Wildman–Crippen MR) is 90.8 cm³/mol. The van der Waals surface area contributed by atoms with Gasteiger partial charge in [-0.05, 0) is 42.8 Å². The maximum atomic E-state index is 12.5. The smallest absolute Gasteiger partial charge is 0.244 e. The quantitative estimate of drug-likeness (QED) is 0.792. The molecular weight excluding hydrogens is 390 g/mol. The van der Waals surface area contributed by atoms with Crippen molar-refractivity contribution in [2.24, 2.45) is 0 Å². The van der Waals surface area contributed by atoms with Crippen molar-refractivity contribution in [2.45, 2.75) is 18.4 Å². The summed E-state index contributed by atoms with van der Waals surface area (Å²) in [5, 5.41) is 0.564. The first-order valence-corrected chi connectivity index (χ1v) is 9.24. The number of hydrogen-bond donors (Lipinski definition) is 1. The second kappa shape index (κ2) is 7.46. The second-order valence-corrected chi connectivity index (χ2v) is 7.57. The van der Waals surface area contributed by atoms with E-state index in [1.165, 1.54) is 6.07 Å². The molecule has 22 heavy (non-hydrogen) atoms. The van der Waals surface area contributed by atoms with Crippen molar-refractivity contribution in [3.63, 3.8) is 0 Å². The van der Waals surface area contributed by atoms with Gasteiger partial charge in [-0.2, -0.15) is 0 Å². The lowest BCUT2D eigenvalue weighted by Crippen LogP contribution is -2.24. The summed E-state index contributed by atoms with van der Waals surface area (Å²) >= 11 is 9.18. The number of sulfonamides is 1. The molecule has 7 heteroatoms. The fourth-order valence-corrected chi connectivity index (χ4v) is 3.78. The number of halogens is 2. The van der Waals surface area contributed by atoms with Crippen LogP contribution in [-0.4, -0.2) is 15.0 Å². The molecule has 1 N–H and O–H groups in total. The SMILES string of the molecule is CCOc1ccc(Br)cc1S(=O)(=O)NCc1cccc(Cl)c1. The topological polar surface area (TPSA) is 55.4 Å².